The van der Waals surface area contributed by atoms with Crippen molar-refractivity contribution in [3.8, 4) is 11.5 Å². The third-order valence-corrected chi connectivity index (χ3v) is 5.41. The maximum atomic E-state index is 12.3. The third-order valence-electron chi connectivity index (χ3n) is 4.44. The Hall–Kier alpha value is -2.22. The molecule has 0 saturated heterocycles. The molecule has 1 amide bonds. The number of nitrogens with one attached hydrogen (secondary N) is 1. The van der Waals surface area contributed by atoms with Crippen LogP contribution < -0.4 is 14.8 Å². The van der Waals surface area contributed by atoms with Crippen LogP contribution in [0.25, 0.3) is 0 Å². The number of hydrogen-bond acceptors (Lipinski definition) is 6. The lowest BCUT2D eigenvalue weighted by Gasteiger charge is -2.10. The van der Waals surface area contributed by atoms with Gasteiger partial charge in [-0.25, -0.2) is 0 Å². The summed E-state index contributed by atoms with van der Waals surface area (Å²) in [6.45, 7) is 2.21. The van der Waals surface area contributed by atoms with Gasteiger partial charge in [0, 0.05) is 31.1 Å². The average molecular weight is 374 g/mol. The highest BCUT2D eigenvalue weighted by molar-refractivity contribution is 7.99. The smallest absolute Gasteiger partial charge is 0.234 e. The summed E-state index contributed by atoms with van der Waals surface area (Å²) in [5.74, 6) is 2.66. The van der Waals surface area contributed by atoms with Crippen molar-refractivity contribution in [2.45, 2.75) is 43.8 Å². The molecule has 138 valence electrons. The lowest BCUT2D eigenvalue weighted by molar-refractivity contribution is -0.113. The summed E-state index contributed by atoms with van der Waals surface area (Å²) in [7, 11) is 0. The normalized spacial score (nSPS) is 16.3. The maximum absolute atomic E-state index is 12.3. The molecule has 0 unspecified atom stereocenters. The molecule has 0 bridgehead atoms. The molecule has 3 heterocycles. The number of hydrogen-bond donors (Lipinski definition) is 1. The number of amides is 1. The van der Waals surface area contributed by atoms with E-state index >= 15 is 0 Å². The highest BCUT2D eigenvalue weighted by Crippen LogP contribution is 2.32. The van der Waals surface area contributed by atoms with Crippen LogP contribution in [-0.2, 0) is 17.8 Å². The number of aryl methyl sites for hydroxylation is 1. The van der Waals surface area contributed by atoms with Crippen molar-refractivity contribution < 1.29 is 14.3 Å². The Kier molecular flexibility index (Phi) is 5.29. The van der Waals surface area contributed by atoms with E-state index < -0.39 is 0 Å². The molecule has 0 atom stereocenters. The Morgan fingerprint density at radius 1 is 1.12 bits per heavy atom. The lowest BCUT2D eigenvalue weighted by Crippen LogP contribution is -2.15. The molecule has 4 rings (SSSR count). The molecule has 0 aliphatic carbocycles. The van der Waals surface area contributed by atoms with Crippen molar-refractivity contribution in [2.24, 2.45) is 0 Å². The predicted octanol–water partition coefficient (Wildman–Crippen LogP) is 2.90. The van der Waals surface area contributed by atoms with Crippen molar-refractivity contribution in [3.63, 3.8) is 0 Å². The van der Waals surface area contributed by atoms with Gasteiger partial charge in [-0.2, -0.15) is 0 Å². The molecular weight excluding hydrogens is 352 g/mol. The van der Waals surface area contributed by atoms with E-state index in [4.69, 9.17) is 9.47 Å². The zero-order chi connectivity index (χ0) is 17.8. The second-order valence-corrected chi connectivity index (χ2v) is 7.35. The molecule has 0 radical (unpaired) electrons. The summed E-state index contributed by atoms with van der Waals surface area (Å²) < 4.78 is 13.4. The molecule has 0 saturated carbocycles. The minimum absolute atomic E-state index is 0.0736. The van der Waals surface area contributed by atoms with Gasteiger partial charge >= 0.3 is 0 Å². The number of carbonyl (C=O) groups excluding carboxylic acids is 1. The first kappa shape index (κ1) is 17.2. The number of anilines is 1. The standard InChI is InChI=1S/C18H22N4O3S/c23-17(12-26-18-21-20-16-5-2-1-3-8-22(16)18)19-13-6-7-14-15(11-13)25-10-4-9-24-14/h6-7,11H,1-5,8-10,12H2,(H,19,23). The van der Waals surface area contributed by atoms with Gasteiger partial charge in [0.1, 0.15) is 5.82 Å². The monoisotopic (exact) mass is 374 g/mol. The van der Waals surface area contributed by atoms with E-state index in [1.54, 1.807) is 0 Å². The summed E-state index contributed by atoms with van der Waals surface area (Å²) in [5, 5.41) is 12.3. The fourth-order valence-corrected chi connectivity index (χ4v) is 3.92. The zero-order valence-electron chi connectivity index (χ0n) is 14.6. The van der Waals surface area contributed by atoms with E-state index in [0.717, 1.165) is 49.0 Å². The molecule has 8 heteroatoms. The number of ether oxygens (including phenoxy) is 2. The Morgan fingerprint density at radius 3 is 2.92 bits per heavy atom. The third kappa shape index (κ3) is 3.95. The van der Waals surface area contributed by atoms with E-state index in [0.29, 0.717) is 30.4 Å². The van der Waals surface area contributed by atoms with Crippen molar-refractivity contribution >= 4 is 23.4 Å². The fourth-order valence-electron chi connectivity index (χ4n) is 3.13. The lowest BCUT2D eigenvalue weighted by atomic mass is 10.2. The first-order chi connectivity index (χ1) is 12.8. The Balaban J connectivity index is 1.36. The Morgan fingerprint density at radius 2 is 2.00 bits per heavy atom. The quantitative estimate of drug-likeness (QED) is 0.829. The van der Waals surface area contributed by atoms with Gasteiger partial charge in [0.25, 0.3) is 0 Å². The zero-order valence-corrected chi connectivity index (χ0v) is 15.4. The summed E-state index contributed by atoms with van der Waals surface area (Å²) in [6, 6.07) is 5.48. The van der Waals surface area contributed by atoms with Gasteiger partial charge in [0.2, 0.25) is 5.91 Å². The van der Waals surface area contributed by atoms with Gasteiger partial charge in [-0.05, 0) is 25.0 Å². The van der Waals surface area contributed by atoms with Crippen LogP contribution in [-0.4, -0.2) is 39.6 Å². The van der Waals surface area contributed by atoms with Crippen LogP contribution in [0.4, 0.5) is 5.69 Å². The molecule has 1 N–H and O–H groups in total. The number of nitrogens with zero attached hydrogens (tertiary/aromatic N) is 3. The van der Waals surface area contributed by atoms with Crippen LogP contribution in [0.5, 0.6) is 11.5 Å². The van der Waals surface area contributed by atoms with Gasteiger partial charge in [-0.1, -0.05) is 18.2 Å². The summed E-state index contributed by atoms with van der Waals surface area (Å²) in [4.78, 5) is 12.3. The van der Waals surface area contributed by atoms with Crippen LogP contribution in [0.3, 0.4) is 0 Å². The Labute approximate surface area is 156 Å². The van der Waals surface area contributed by atoms with E-state index in [1.807, 2.05) is 18.2 Å². The fraction of sp³-hybridized carbons (Fsp3) is 0.500. The number of fused-ring (bicyclic) bond motifs is 2. The van der Waals surface area contributed by atoms with E-state index in [-0.39, 0.29) is 5.91 Å². The van der Waals surface area contributed by atoms with E-state index in [9.17, 15) is 4.79 Å². The minimum Gasteiger partial charge on any atom is -0.490 e. The molecular formula is C18H22N4O3S. The molecule has 26 heavy (non-hydrogen) atoms. The molecule has 1 aromatic heterocycles. The summed E-state index contributed by atoms with van der Waals surface area (Å²) in [6.07, 6.45) is 5.35. The molecule has 1 aromatic carbocycles. The number of aromatic nitrogens is 3. The number of rotatable bonds is 4. The van der Waals surface area contributed by atoms with Gasteiger partial charge in [-0.3, -0.25) is 4.79 Å². The molecule has 0 fully saturated rings. The maximum Gasteiger partial charge on any atom is 0.234 e. The first-order valence-electron chi connectivity index (χ1n) is 9.04. The predicted molar refractivity (Wildman–Crippen MR) is 99.0 cm³/mol. The average Bonchev–Trinajstić information content (AvgIpc) is 2.83. The molecule has 0 spiro atoms. The van der Waals surface area contributed by atoms with Crippen LogP contribution in [0.15, 0.2) is 23.4 Å². The van der Waals surface area contributed by atoms with Gasteiger partial charge in [0.15, 0.2) is 16.7 Å². The molecule has 2 aliphatic rings. The van der Waals surface area contributed by atoms with Crippen molar-refractivity contribution in [3.05, 3.63) is 24.0 Å². The largest absolute Gasteiger partial charge is 0.490 e. The second-order valence-electron chi connectivity index (χ2n) is 6.41. The van der Waals surface area contributed by atoms with Gasteiger partial charge in [-0.15, -0.1) is 10.2 Å². The molecule has 7 nitrogen and oxygen atoms in total. The van der Waals surface area contributed by atoms with Gasteiger partial charge in [0.05, 0.1) is 19.0 Å². The van der Waals surface area contributed by atoms with Crippen LogP contribution in [0.2, 0.25) is 0 Å². The van der Waals surface area contributed by atoms with E-state index in [1.165, 1.54) is 18.2 Å². The van der Waals surface area contributed by atoms with Crippen molar-refractivity contribution in [2.75, 3.05) is 24.3 Å². The number of thioether (sulfide) groups is 1. The SMILES string of the molecule is O=C(CSc1nnc2n1CCCCC2)Nc1ccc2c(c1)OCCCO2. The summed E-state index contributed by atoms with van der Waals surface area (Å²) in [5.41, 5.74) is 0.708. The van der Waals surface area contributed by atoms with E-state index in [2.05, 4.69) is 20.1 Å². The van der Waals surface area contributed by atoms with Crippen LogP contribution in [0.1, 0.15) is 31.5 Å². The van der Waals surface area contributed by atoms with Crippen LogP contribution >= 0.6 is 11.8 Å². The Bertz CT molecular complexity index is 793. The van der Waals surface area contributed by atoms with Crippen molar-refractivity contribution in [1.82, 2.24) is 14.8 Å². The molecule has 2 aromatic rings. The topological polar surface area (TPSA) is 78.3 Å². The first-order valence-corrected chi connectivity index (χ1v) is 10.0. The van der Waals surface area contributed by atoms with Crippen LogP contribution in [0, 0.1) is 0 Å². The minimum atomic E-state index is -0.0736. The molecule has 2 aliphatic heterocycles. The highest BCUT2D eigenvalue weighted by atomic mass is 32.2. The number of carbonyl (C=O) groups is 1. The number of benzene rings is 1. The van der Waals surface area contributed by atoms with Gasteiger partial charge < -0.3 is 19.4 Å². The highest BCUT2D eigenvalue weighted by Gasteiger charge is 2.17. The second kappa shape index (κ2) is 7.99. The van der Waals surface area contributed by atoms with Crippen molar-refractivity contribution in [1.29, 1.82) is 0 Å². The summed E-state index contributed by atoms with van der Waals surface area (Å²) >= 11 is 1.43.